The van der Waals surface area contributed by atoms with Crippen molar-refractivity contribution in [2.45, 2.75) is 187 Å². The van der Waals surface area contributed by atoms with E-state index in [0.29, 0.717) is 12.8 Å². The summed E-state index contributed by atoms with van der Waals surface area (Å²) in [7, 11) is -4.76. The van der Waals surface area contributed by atoms with Crippen LogP contribution in [-0.4, -0.2) is 41.0 Å². The van der Waals surface area contributed by atoms with Gasteiger partial charge in [0, 0.05) is 12.8 Å². The van der Waals surface area contributed by atoms with Gasteiger partial charge in [-0.1, -0.05) is 140 Å². The molecule has 0 radical (unpaired) electrons. The van der Waals surface area contributed by atoms with E-state index < -0.39 is 32.5 Å². The van der Waals surface area contributed by atoms with Crippen molar-refractivity contribution >= 4 is 19.8 Å². The van der Waals surface area contributed by atoms with Crippen LogP contribution in [0.3, 0.4) is 0 Å². The number of phosphoric acid groups is 1. The molecule has 0 aromatic heterocycles. The molecule has 0 saturated heterocycles. The van der Waals surface area contributed by atoms with Crippen LogP contribution in [0.1, 0.15) is 181 Å². The van der Waals surface area contributed by atoms with E-state index in [4.69, 9.17) is 19.3 Å². The van der Waals surface area contributed by atoms with Gasteiger partial charge in [-0.2, -0.15) is 0 Å². The second-order valence-electron chi connectivity index (χ2n) is 13.2. The molecular weight excluding hydrogens is 651 g/mol. The third kappa shape index (κ3) is 38.8. The molecule has 2 N–H and O–H groups in total. The standard InChI is InChI=1S/C41H73O8P/c1-3-5-7-9-11-13-15-17-19-20-22-24-26-28-30-32-34-36-41(43)49-39(38-48-50(44,45)46)37-47-40(42)35-33-31-29-27-25-23-21-18-16-14-12-10-8-6-4-2/h11-14,17-19,21,39H,3-10,15-16,20,22-38H2,1-2H3,(H2,44,45,46)/b13-11-,14-12-,19-17-,21-18-. The van der Waals surface area contributed by atoms with Gasteiger partial charge in [0.2, 0.25) is 0 Å². The summed E-state index contributed by atoms with van der Waals surface area (Å²) in [6, 6.07) is 0. The summed E-state index contributed by atoms with van der Waals surface area (Å²) in [5, 5.41) is 0. The summed E-state index contributed by atoms with van der Waals surface area (Å²) < 4.78 is 26.3. The van der Waals surface area contributed by atoms with Crippen molar-refractivity contribution in [3.05, 3.63) is 48.6 Å². The van der Waals surface area contributed by atoms with Gasteiger partial charge in [-0.15, -0.1) is 0 Å². The fourth-order valence-corrected chi connectivity index (χ4v) is 5.67. The molecule has 0 aromatic rings. The van der Waals surface area contributed by atoms with Crippen LogP contribution in [0.15, 0.2) is 48.6 Å². The molecule has 1 atom stereocenters. The number of hydrogen-bond donors (Lipinski definition) is 2. The van der Waals surface area contributed by atoms with Crippen molar-refractivity contribution < 1.29 is 37.9 Å². The second kappa shape index (κ2) is 36.8. The zero-order valence-corrected chi connectivity index (χ0v) is 32.7. The largest absolute Gasteiger partial charge is 0.469 e. The van der Waals surface area contributed by atoms with E-state index in [1.165, 1.54) is 70.6 Å². The molecule has 0 aliphatic rings. The lowest BCUT2D eigenvalue weighted by Crippen LogP contribution is -2.29. The van der Waals surface area contributed by atoms with Gasteiger partial charge in [0.05, 0.1) is 6.61 Å². The second-order valence-corrected chi connectivity index (χ2v) is 14.5. The highest BCUT2D eigenvalue weighted by Crippen LogP contribution is 2.36. The molecular formula is C41H73O8P. The monoisotopic (exact) mass is 725 g/mol. The molecule has 0 aliphatic heterocycles. The number of carbonyl (C=O) groups is 2. The fraction of sp³-hybridized carbons (Fsp3) is 0.756. The zero-order chi connectivity index (χ0) is 36.8. The topological polar surface area (TPSA) is 119 Å². The summed E-state index contributed by atoms with van der Waals surface area (Å²) in [5.41, 5.74) is 0. The molecule has 0 saturated carbocycles. The van der Waals surface area contributed by atoms with Gasteiger partial charge in [0.25, 0.3) is 0 Å². The maximum Gasteiger partial charge on any atom is 0.469 e. The Morgan fingerprint density at radius 2 is 0.900 bits per heavy atom. The van der Waals surface area contributed by atoms with Crippen LogP contribution in [0.5, 0.6) is 0 Å². The van der Waals surface area contributed by atoms with Gasteiger partial charge in [0.1, 0.15) is 6.61 Å². The molecule has 0 bridgehead atoms. The Balaban J connectivity index is 3.99. The lowest BCUT2D eigenvalue weighted by atomic mass is 10.1. The molecule has 0 aromatic carbocycles. The number of unbranched alkanes of at least 4 members (excludes halogenated alkanes) is 18. The molecule has 1 unspecified atom stereocenters. The Hall–Kier alpha value is -1.99. The SMILES string of the molecule is CCCCC/C=C\C/C=C\CCCCCCCCCC(=O)OC(COC(=O)CCCCCCC/C=C\C/C=C\CCCCC)COP(=O)(O)O. The third-order valence-electron chi connectivity index (χ3n) is 8.32. The van der Waals surface area contributed by atoms with Gasteiger partial charge in [-0.3, -0.25) is 14.1 Å². The third-order valence-corrected chi connectivity index (χ3v) is 8.81. The van der Waals surface area contributed by atoms with Gasteiger partial charge in [0.15, 0.2) is 6.10 Å². The summed E-state index contributed by atoms with van der Waals surface area (Å²) in [6.45, 7) is 3.61. The van der Waals surface area contributed by atoms with Crippen molar-refractivity contribution in [1.29, 1.82) is 0 Å². The Bertz CT molecular complexity index is 952. The number of carbonyl (C=O) groups excluding carboxylic acids is 2. The fourth-order valence-electron chi connectivity index (χ4n) is 5.31. The molecule has 0 spiro atoms. The van der Waals surface area contributed by atoms with E-state index in [1.54, 1.807) is 0 Å². The van der Waals surface area contributed by atoms with Gasteiger partial charge in [-0.05, 0) is 77.0 Å². The minimum Gasteiger partial charge on any atom is -0.462 e. The average molecular weight is 725 g/mol. The van der Waals surface area contributed by atoms with Crippen molar-refractivity contribution in [2.24, 2.45) is 0 Å². The molecule has 290 valence electrons. The Morgan fingerprint density at radius 1 is 0.520 bits per heavy atom. The number of ether oxygens (including phenoxy) is 2. The van der Waals surface area contributed by atoms with Crippen LogP contribution in [0.2, 0.25) is 0 Å². The highest BCUT2D eigenvalue weighted by molar-refractivity contribution is 7.46. The van der Waals surface area contributed by atoms with Crippen molar-refractivity contribution in [2.75, 3.05) is 13.2 Å². The summed E-state index contributed by atoms with van der Waals surface area (Å²) in [4.78, 5) is 42.8. The van der Waals surface area contributed by atoms with E-state index in [0.717, 1.165) is 70.6 Å². The quantitative estimate of drug-likeness (QED) is 0.0284. The summed E-state index contributed by atoms with van der Waals surface area (Å²) in [5.74, 6) is -0.911. The Kier molecular flexibility index (Phi) is 35.3. The minimum absolute atomic E-state index is 0.199. The van der Waals surface area contributed by atoms with E-state index >= 15 is 0 Å². The summed E-state index contributed by atoms with van der Waals surface area (Å²) in [6.07, 6.45) is 43.9. The van der Waals surface area contributed by atoms with Gasteiger partial charge >= 0.3 is 19.8 Å². The molecule has 0 amide bonds. The summed E-state index contributed by atoms with van der Waals surface area (Å²) >= 11 is 0. The predicted molar refractivity (Wildman–Crippen MR) is 207 cm³/mol. The maximum atomic E-state index is 12.4. The minimum atomic E-state index is -4.76. The molecule has 8 nitrogen and oxygen atoms in total. The molecule has 50 heavy (non-hydrogen) atoms. The number of rotatable bonds is 36. The number of phosphoric ester groups is 1. The smallest absolute Gasteiger partial charge is 0.462 e. The van der Waals surface area contributed by atoms with E-state index in [1.807, 2.05) is 0 Å². The number of allylic oxidation sites excluding steroid dienone is 8. The van der Waals surface area contributed by atoms with E-state index in [2.05, 4.69) is 67.0 Å². The van der Waals surface area contributed by atoms with Crippen molar-refractivity contribution in [3.63, 3.8) is 0 Å². The first kappa shape index (κ1) is 48.0. The van der Waals surface area contributed by atoms with Crippen LogP contribution < -0.4 is 0 Å². The molecule has 0 aliphatic carbocycles. The van der Waals surface area contributed by atoms with E-state index in [9.17, 15) is 14.2 Å². The van der Waals surface area contributed by atoms with Crippen molar-refractivity contribution in [1.82, 2.24) is 0 Å². The highest BCUT2D eigenvalue weighted by Gasteiger charge is 2.22. The molecule has 9 heteroatoms. The lowest BCUT2D eigenvalue weighted by molar-refractivity contribution is -0.161. The predicted octanol–water partition coefficient (Wildman–Crippen LogP) is 12.0. The number of hydrogen-bond acceptors (Lipinski definition) is 6. The lowest BCUT2D eigenvalue weighted by Gasteiger charge is -2.18. The molecule has 0 fully saturated rings. The highest BCUT2D eigenvalue weighted by atomic mass is 31.2. The van der Waals surface area contributed by atoms with Crippen LogP contribution in [0.25, 0.3) is 0 Å². The Morgan fingerprint density at radius 3 is 1.32 bits per heavy atom. The number of esters is 2. The van der Waals surface area contributed by atoms with Crippen LogP contribution in [0.4, 0.5) is 0 Å². The first-order valence-electron chi connectivity index (χ1n) is 19.9. The maximum absolute atomic E-state index is 12.4. The van der Waals surface area contributed by atoms with Crippen LogP contribution >= 0.6 is 7.82 Å². The first-order chi connectivity index (χ1) is 24.3. The average Bonchev–Trinajstić information content (AvgIpc) is 3.08. The Labute approximate surface area is 305 Å². The van der Waals surface area contributed by atoms with Crippen LogP contribution in [0, 0.1) is 0 Å². The van der Waals surface area contributed by atoms with E-state index in [-0.39, 0.29) is 19.4 Å². The zero-order valence-electron chi connectivity index (χ0n) is 31.8. The van der Waals surface area contributed by atoms with Gasteiger partial charge < -0.3 is 19.3 Å². The van der Waals surface area contributed by atoms with Gasteiger partial charge in [-0.25, -0.2) is 4.57 Å². The molecule has 0 rings (SSSR count). The van der Waals surface area contributed by atoms with Crippen LogP contribution in [-0.2, 0) is 28.2 Å². The van der Waals surface area contributed by atoms with Crippen molar-refractivity contribution in [3.8, 4) is 0 Å². The normalized spacial score (nSPS) is 13.0. The first-order valence-corrected chi connectivity index (χ1v) is 21.5. The molecule has 0 heterocycles.